The van der Waals surface area contributed by atoms with Crippen LogP contribution in [0.25, 0.3) is 0 Å². The molecule has 0 heterocycles. The molecule has 16 heavy (non-hydrogen) atoms. The lowest BCUT2D eigenvalue weighted by atomic mass is 10.2. The molecular weight excluding hydrogens is 210 g/mol. The molecule has 0 radical (unpaired) electrons. The van der Waals surface area contributed by atoms with Gasteiger partial charge in [0.2, 0.25) is 0 Å². The highest BCUT2D eigenvalue weighted by atomic mass is 16.4. The van der Waals surface area contributed by atoms with Crippen molar-refractivity contribution in [2.24, 2.45) is 0 Å². The molecular formula is C11H19NO4. The zero-order valence-corrected chi connectivity index (χ0v) is 9.53. The number of terminal acetylenes is 1. The Hall–Kier alpha value is -1.54. The molecule has 5 heteroatoms. The maximum atomic E-state index is 9.10. The van der Waals surface area contributed by atoms with E-state index < -0.39 is 11.9 Å². The van der Waals surface area contributed by atoms with Crippen LogP contribution in [-0.2, 0) is 9.59 Å². The van der Waals surface area contributed by atoms with Crippen LogP contribution in [-0.4, -0.2) is 35.2 Å². The molecule has 3 N–H and O–H groups in total. The van der Waals surface area contributed by atoms with Crippen molar-refractivity contribution in [3.05, 3.63) is 0 Å². The van der Waals surface area contributed by atoms with Crippen molar-refractivity contribution in [2.75, 3.05) is 13.1 Å². The monoisotopic (exact) mass is 229 g/mol. The predicted octanol–water partition coefficient (Wildman–Crippen LogP) is 0.945. The first-order chi connectivity index (χ1) is 7.56. The first-order valence-electron chi connectivity index (χ1n) is 5.16. The van der Waals surface area contributed by atoms with Crippen LogP contribution < -0.4 is 5.32 Å². The van der Waals surface area contributed by atoms with E-state index in [-0.39, 0.29) is 0 Å². The Morgan fingerprint density at radius 2 is 1.75 bits per heavy atom. The Labute approximate surface area is 95.9 Å². The summed E-state index contributed by atoms with van der Waals surface area (Å²) in [7, 11) is 0. The predicted molar refractivity (Wildman–Crippen MR) is 61.1 cm³/mol. The number of carboxylic acids is 2. The number of hydrogen-bond donors (Lipinski definition) is 3. The number of hydrogen-bond acceptors (Lipinski definition) is 3. The number of nitrogens with one attached hydrogen (secondary N) is 1. The van der Waals surface area contributed by atoms with Crippen LogP contribution >= 0.6 is 0 Å². The third kappa shape index (κ3) is 18.3. The number of unbranched alkanes of at least 4 members (excludes halogenated alkanes) is 2. The summed E-state index contributed by atoms with van der Waals surface area (Å²) in [6.07, 6.45) is 9.82. The van der Waals surface area contributed by atoms with Gasteiger partial charge in [0.1, 0.15) is 0 Å². The average molecular weight is 229 g/mol. The molecule has 0 unspecified atom stereocenters. The van der Waals surface area contributed by atoms with Gasteiger partial charge in [-0.2, -0.15) is 0 Å². The van der Waals surface area contributed by atoms with Gasteiger partial charge in [-0.15, -0.1) is 12.3 Å². The lowest BCUT2D eigenvalue weighted by molar-refractivity contribution is -0.159. The van der Waals surface area contributed by atoms with E-state index >= 15 is 0 Å². The van der Waals surface area contributed by atoms with Gasteiger partial charge >= 0.3 is 11.9 Å². The number of aliphatic carboxylic acids is 2. The minimum atomic E-state index is -1.82. The first-order valence-corrected chi connectivity index (χ1v) is 5.16. The van der Waals surface area contributed by atoms with Gasteiger partial charge in [-0.05, 0) is 13.0 Å². The van der Waals surface area contributed by atoms with Crippen molar-refractivity contribution in [1.82, 2.24) is 5.32 Å². The lowest BCUT2D eigenvalue weighted by Gasteiger charge is -1.99. The second-order valence-electron chi connectivity index (χ2n) is 3.02. The second kappa shape index (κ2) is 13.5. The van der Waals surface area contributed by atoms with E-state index in [1.165, 1.54) is 19.3 Å². The van der Waals surface area contributed by atoms with Gasteiger partial charge < -0.3 is 15.5 Å². The van der Waals surface area contributed by atoms with Crippen LogP contribution in [0.4, 0.5) is 0 Å². The highest BCUT2D eigenvalue weighted by Crippen LogP contribution is 1.90. The fourth-order valence-corrected chi connectivity index (χ4v) is 0.786. The minimum absolute atomic E-state index is 0.853. The van der Waals surface area contributed by atoms with E-state index in [1.54, 1.807) is 0 Å². The van der Waals surface area contributed by atoms with E-state index in [2.05, 4.69) is 18.2 Å². The second-order valence-corrected chi connectivity index (χ2v) is 3.02. The number of carbonyl (C=O) groups is 2. The van der Waals surface area contributed by atoms with E-state index in [0.717, 1.165) is 19.5 Å². The van der Waals surface area contributed by atoms with Crippen LogP contribution in [0.15, 0.2) is 0 Å². The molecule has 0 amide bonds. The Morgan fingerprint density at radius 3 is 2.12 bits per heavy atom. The third-order valence-corrected chi connectivity index (χ3v) is 1.59. The molecule has 0 fully saturated rings. The summed E-state index contributed by atoms with van der Waals surface area (Å²) >= 11 is 0. The summed E-state index contributed by atoms with van der Waals surface area (Å²) in [6, 6.07) is 0. The maximum Gasteiger partial charge on any atom is 0.414 e. The fourth-order valence-electron chi connectivity index (χ4n) is 0.786. The molecule has 0 aromatic rings. The number of rotatable bonds is 6. The SMILES string of the molecule is C#CCCNCCCCC.O=C(O)C(=O)O. The largest absolute Gasteiger partial charge is 0.473 e. The Morgan fingerprint density at radius 1 is 1.19 bits per heavy atom. The third-order valence-electron chi connectivity index (χ3n) is 1.59. The molecule has 92 valence electrons. The first kappa shape index (κ1) is 16.9. The highest BCUT2D eigenvalue weighted by molar-refractivity contribution is 6.27. The summed E-state index contributed by atoms with van der Waals surface area (Å²) in [5.41, 5.74) is 0. The molecule has 0 spiro atoms. The van der Waals surface area contributed by atoms with Crippen molar-refractivity contribution in [2.45, 2.75) is 32.6 Å². The van der Waals surface area contributed by atoms with Gasteiger partial charge in [-0.25, -0.2) is 9.59 Å². The smallest absolute Gasteiger partial charge is 0.414 e. The van der Waals surface area contributed by atoms with Gasteiger partial charge in [-0.1, -0.05) is 19.8 Å². The van der Waals surface area contributed by atoms with Crippen molar-refractivity contribution in [3.8, 4) is 12.3 Å². The normalized spacial score (nSPS) is 8.50. The molecule has 0 rings (SSSR count). The molecule has 0 aromatic heterocycles. The summed E-state index contributed by atoms with van der Waals surface area (Å²) < 4.78 is 0. The van der Waals surface area contributed by atoms with Gasteiger partial charge in [0.15, 0.2) is 0 Å². The molecule has 0 aromatic carbocycles. The Balaban J connectivity index is 0. The van der Waals surface area contributed by atoms with E-state index in [1.807, 2.05) is 0 Å². The number of carboxylic acid groups (broad SMARTS) is 2. The van der Waals surface area contributed by atoms with Crippen molar-refractivity contribution >= 4 is 11.9 Å². The van der Waals surface area contributed by atoms with Gasteiger partial charge in [0.05, 0.1) is 0 Å². The molecule has 5 nitrogen and oxygen atoms in total. The Bertz CT molecular complexity index is 221. The van der Waals surface area contributed by atoms with Crippen LogP contribution in [0, 0.1) is 12.3 Å². The highest BCUT2D eigenvalue weighted by Gasteiger charge is 2.04. The zero-order valence-electron chi connectivity index (χ0n) is 9.53. The summed E-state index contributed by atoms with van der Waals surface area (Å²) in [6.45, 7) is 4.30. The van der Waals surface area contributed by atoms with E-state index in [9.17, 15) is 0 Å². The topological polar surface area (TPSA) is 86.6 Å². The molecule has 0 aliphatic heterocycles. The average Bonchev–Trinajstić information content (AvgIpc) is 2.24. The molecule has 0 saturated heterocycles. The van der Waals surface area contributed by atoms with Crippen molar-refractivity contribution < 1.29 is 19.8 Å². The molecule has 0 aliphatic carbocycles. The standard InChI is InChI=1S/C9H17N.C2H2O4/c1-3-5-7-9-10-8-6-4-2;3-1(4)2(5)6/h2,10H,3,5-9H2,1H3;(H,3,4)(H,5,6). The zero-order chi connectivity index (χ0) is 12.8. The van der Waals surface area contributed by atoms with Crippen molar-refractivity contribution in [1.29, 1.82) is 0 Å². The summed E-state index contributed by atoms with van der Waals surface area (Å²) in [5.74, 6) is -1.05. The van der Waals surface area contributed by atoms with Crippen molar-refractivity contribution in [3.63, 3.8) is 0 Å². The van der Waals surface area contributed by atoms with Gasteiger partial charge in [0.25, 0.3) is 0 Å². The maximum absolute atomic E-state index is 9.10. The molecule has 0 saturated carbocycles. The van der Waals surface area contributed by atoms with E-state index in [0.29, 0.717) is 0 Å². The Kier molecular flexibility index (Phi) is 14.2. The summed E-state index contributed by atoms with van der Waals surface area (Å²) in [4.78, 5) is 18.2. The summed E-state index contributed by atoms with van der Waals surface area (Å²) in [5, 5.41) is 18.1. The van der Waals surface area contributed by atoms with E-state index in [4.69, 9.17) is 26.2 Å². The van der Waals surface area contributed by atoms with Crippen LogP contribution in [0.5, 0.6) is 0 Å². The van der Waals surface area contributed by atoms with Gasteiger partial charge in [0, 0.05) is 13.0 Å². The van der Waals surface area contributed by atoms with Crippen LogP contribution in [0.3, 0.4) is 0 Å². The minimum Gasteiger partial charge on any atom is -0.473 e. The van der Waals surface area contributed by atoms with Crippen LogP contribution in [0.2, 0.25) is 0 Å². The molecule has 0 atom stereocenters. The lowest BCUT2D eigenvalue weighted by Crippen LogP contribution is -2.15. The quantitative estimate of drug-likeness (QED) is 0.358. The van der Waals surface area contributed by atoms with Gasteiger partial charge in [-0.3, -0.25) is 0 Å². The fraction of sp³-hybridized carbons (Fsp3) is 0.636. The molecule has 0 aliphatic rings. The molecule has 0 bridgehead atoms. The van der Waals surface area contributed by atoms with Crippen LogP contribution in [0.1, 0.15) is 32.6 Å².